The number of benzene rings is 4. The SMILES string of the molecule is CC1(C)COC(C)(C)N1C(=O)OCC[C@@H]([C@@H](OC(=O)N1C(C)(C)COC1(C)C)C(O)(c1ccccc1)c1ccccc1)N(Cc1ccccc1)Cc1ccccc1. The summed E-state index contributed by atoms with van der Waals surface area (Å²) in [5, 5.41) is 13.6. The third-order valence-corrected chi connectivity index (χ3v) is 11.2. The molecular formula is C47H59N3O7. The molecule has 2 atom stereocenters. The molecule has 1 N–H and O–H groups in total. The summed E-state index contributed by atoms with van der Waals surface area (Å²) in [7, 11) is 0. The van der Waals surface area contributed by atoms with Gasteiger partial charge in [-0.3, -0.25) is 14.7 Å². The molecule has 0 bridgehead atoms. The summed E-state index contributed by atoms with van der Waals surface area (Å²) in [4.78, 5) is 34.4. The van der Waals surface area contributed by atoms with Gasteiger partial charge in [0.15, 0.2) is 11.7 Å². The molecule has 0 spiro atoms. The van der Waals surface area contributed by atoms with Crippen LogP contribution >= 0.6 is 0 Å². The van der Waals surface area contributed by atoms with Crippen LogP contribution in [0, 0.1) is 0 Å². The normalized spacial score (nSPS) is 19.3. The summed E-state index contributed by atoms with van der Waals surface area (Å²) in [6, 6.07) is 38.1. The molecule has 10 heteroatoms. The molecule has 0 radical (unpaired) electrons. The molecular weight excluding hydrogens is 719 g/mol. The van der Waals surface area contributed by atoms with Gasteiger partial charge in [-0.05, 0) is 77.6 Å². The minimum absolute atomic E-state index is 0.0379. The number of amides is 2. The number of hydrogen-bond donors (Lipinski definition) is 1. The Morgan fingerprint density at radius 3 is 1.42 bits per heavy atom. The van der Waals surface area contributed by atoms with Gasteiger partial charge in [-0.1, -0.05) is 121 Å². The summed E-state index contributed by atoms with van der Waals surface area (Å²) in [5.41, 5.74) is -1.90. The molecule has 2 saturated heterocycles. The smallest absolute Gasteiger partial charge is 0.413 e. The molecule has 2 heterocycles. The van der Waals surface area contributed by atoms with Gasteiger partial charge in [-0.2, -0.15) is 0 Å². The van der Waals surface area contributed by atoms with Gasteiger partial charge in [0.25, 0.3) is 0 Å². The predicted octanol–water partition coefficient (Wildman–Crippen LogP) is 8.72. The highest BCUT2D eigenvalue weighted by Crippen LogP contribution is 2.42. The topological polar surface area (TPSA) is 101 Å². The summed E-state index contributed by atoms with van der Waals surface area (Å²) in [6.07, 6.45) is -2.18. The lowest BCUT2D eigenvalue weighted by Gasteiger charge is -2.46. The lowest BCUT2D eigenvalue weighted by molar-refractivity contribution is -0.124. The third kappa shape index (κ3) is 9.05. The number of carbonyl (C=O) groups is 2. The molecule has 4 aromatic carbocycles. The largest absolute Gasteiger partial charge is 0.449 e. The van der Waals surface area contributed by atoms with Crippen molar-refractivity contribution in [3.63, 3.8) is 0 Å². The second-order valence-corrected chi connectivity index (χ2v) is 17.4. The molecule has 0 unspecified atom stereocenters. The van der Waals surface area contributed by atoms with Crippen LogP contribution in [0.4, 0.5) is 9.59 Å². The molecule has 2 aliphatic heterocycles. The molecule has 2 fully saturated rings. The summed E-state index contributed by atoms with van der Waals surface area (Å²) in [6.45, 7) is 16.7. The first-order chi connectivity index (χ1) is 27.0. The van der Waals surface area contributed by atoms with Crippen molar-refractivity contribution in [2.24, 2.45) is 0 Å². The summed E-state index contributed by atoms with van der Waals surface area (Å²) in [5.74, 6) is 0. The van der Waals surface area contributed by atoms with Gasteiger partial charge in [0.1, 0.15) is 11.4 Å². The zero-order valence-electron chi connectivity index (χ0n) is 34.7. The van der Waals surface area contributed by atoms with Crippen molar-refractivity contribution in [1.82, 2.24) is 14.7 Å². The number of nitrogens with zero attached hydrogens (tertiary/aromatic N) is 3. The van der Waals surface area contributed by atoms with Crippen molar-refractivity contribution in [2.75, 3.05) is 19.8 Å². The van der Waals surface area contributed by atoms with E-state index in [0.717, 1.165) is 11.1 Å². The molecule has 57 heavy (non-hydrogen) atoms. The first-order valence-corrected chi connectivity index (χ1v) is 19.9. The van der Waals surface area contributed by atoms with E-state index >= 15 is 0 Å². The van der Waals surface area contributed by atoms with E-state index in [2.05, 4.69) is 29.2 Å². The van der Waals surface area contributed by atoms with Crippen molar-refractivity contribution < 1.29 is 33.6 Å². The Kier molecular flexibility index (Phi) is 12.2. The molecule has 304 valence electrons. The number of hydrogen-bond acceptors (Lipinski definition) is 8. The van der Waals surface area contributed by atoms with Crippen LogP contribution in [0.3, 0.4) is 0 Å². The Morgan fingerprint density at radius 1 is 0.649 bits per heavy atom. The monoisotopic (exact) mass is 777 g/mol. The minimum atomic E-state index is -1.87. The molecule has 4 aromatic rings. The van der Waals surface area contributed by atoms with Gasteiger partial charge in [0.2, 0.25) is 0 Å². The molecule has 10 nitrogen and oxygen atoms in total. The molecule has 0 aromatic heterocycles. The fourth-order valence-corrected chi connectivity index (χ4v) is 8.62. The van der Waals surface area contributed by atoms with E-state index in [9.17, 15) is 14.7 Å². The molecule has 0 saturated carbocycles. The highest BCUT2D eigenvalue weighted by molar-refractivity contribution is 5.71. The predicted molar refractivity (Wildman–Crippen MR) is 220 cm³/mol. The van der Waals surface area contributed by atoms with Crippen LogP contribution < -0.4 is 0 Å². The maximum absolute atomic E-state index is 14.9. The van der Waals surface area contributed by atoms with Crippen LogP contribution in [0.25, 0.3) is 0 Å². The second kappa shape index (κ2) is 16.6. The van der Waals surface area contributed by atoms with E-state index in [-0.39, 0.29) is 13.0 Å². The van der Waals surface area contributed by atoms with E-state index in [4.69, 9.17) is 18.9 Å². The number of ether oxygens (including phenoxy) is 4. The van der Waals surface area contributed by atoms with Crippen molar-refractivity contribution in [3.8, 4) is 0 Å². The average molecular weight is 778 g/mol. The zero-order valence-corrected chi connectivity index (χ0v) is 34.7. The van der Waals surface area contributed by atoms with Gasteiger partial charge < -0.3 is 24.1 Å². The van der Waals surface area contributed by atoms with Crippen LogP contribution in [0.5, 0.6) is 0 Å². The Balaban J connectivity index is 1.52. The number of aliphatic hydroxyl groups is 1. The van der Waals surface area contributed by atoms with Crippen LogP contribution in [-0.4, -0.2) is 86.5 Å². The van der Waals surface area contributed by atoms with Gasteiger partial charge in [0.05, 0.1) is 36.9 Å². The third-order valence-electron chi connectivity index (χ3n) is 11.2. The average Bonchev–Trinajstić information content (AvgIpc) is 3.56. The lowest BCUT2D eigenvalue weighted by atomic mass is 9.77. The van der Waals surface area contributed by atoms with Crippen molar-refractivity contribution in [3.05, 3.63) is 144 Å². The number of rotatable bonds is 13. The highest BCUT2D eigenvalue weighted by Gasteiger charge is 2.55. The maximum atomic E-state index is 14.9. The Hall–Kier alpha value is -4.74. The number of carbonyl (C=O) groups excluding carboxylic acids is 2. The van der Waals surface area contributed by atoms with E-state index < -0.39 is 52.5 Å². The van der Waals surface area contributed by atoms with Crippen molar-refractivity contribution in [2.45, 2.75) is 115 Å². The molecule has 6 rings (SSSR count). The van der Waals surface area contributed by atoms with Gasteiger partial charge in [0, 0.05) is 19.5 Å². The van der Waals surface area contributed by atoms with E-state index in [1.165, 1.54) is 0 Å². The van der Waals surface area contributed by atoms with Crippen molar-refractivity contribution in [1.29, 1.82) is 0 Å². The van der Waals surface area contributed by atoms with Crippen LogP contribution in [-0.2, 0) is 37.6 Å². The first-order valence-electron chi connectivity index (χ1n) is 19.9. The summed E-state index contributed by atoms with van der Waals surface area (Å²) < 4.78 is 25.2. The quantitative estimate of drug-likeness (QED) is 0.144. The second-order valence-electron chi connectivity index (χ2n) is 17.4. The van der Waals surface area contributed by atoms with Gasteiger partial charge in [-0.15, -0.1) is 0 Å². The fraction of sp³-hybridized carbons (Fsp3) is 0.447. The molecule has 2 amide bonds. The molecule has 0 aliphatic carbocycles. The minimum Gasteiger partial charge on any atom is -0.449 e. The Bertz CT molecular complexity index is 1820. The Labute approximate surface area is 338 Å². The fourth-order valence-electron chi connectivity index (χ4n) is 8.62. The summed E-state index contributed by atoms with van der Waals surface area (Å²) >= 11 is 0. The maximum Gasteiger partial charge on any atom is 0.413 e. The standard InChI is InChI=1S/C47H59N3O7/c1-43(2)33-55-45(5,6)49(43)41(51)54-30-29-39(48(31-35-21-13-9-14-22-35)32-36-23-15-10-16-24-36)40(57-42(52)50-44(3,4)34-56-46(50,7)8)47(53,37-25-17-11-18-26-37)38-27-19-12-20-28-38/h9-28,39-40,53H,29-34H2,1-8H3/t39-,40+/m0/s1. The van der Waals surface area contributed by atoms with Crippen LogP contribution in [0.2, 0.25) is 0 Å². The van der Waals surface area contributed by atoms with Crippen molar-refractivity contribution >= 4 is 12.2 Å². The van der Waals surface area contributed by atoms with E-state index in [1.54, 1.807) is 9.80 Å². The van der Waals surface area contributed by atoms with E-state index in [0.29, 0.717) is 37.4 Å². The zero-order chi connectivity index (χ0) is 41.1. The highest BCUT2D eigenvalue weighted by atomic mass is 16.6. The van der Waals surface area contributed by atoms with Gasteiger partial charge in [-0.25, -0.2) is 9.59 Å². The van der Waals surface area contributed by atoms with Gasteiger partial charge >= 0.3 is 12.2 Å². The first kappa shape index (κ1) is 41.9. The molecule has 2 aliphatic rings. The van der Waals surface area contributed by atoms with Crippen LogP contribution in [0.1, 0.15) is 84.1 Å². The van der Waals surface area contributed by atoms with Crippen LogP contribution in [0.15, 0.2) is 121 Å². The Morgan fingerprint density at radius 2 is 1.04 bits per heavy atom. The lowest BCUT2D eigenvalue weighted by Crippen LogP contribution is -2.60. The van der Waals surface area contributed by atoms with E-state index in [1.807, 2.05) is 152 Å².